The van der Waals surface area contributed by atoms with Crippen LogP contribution in [0.25, 0.3) is 0 Å². The summed E-state index contributed by atoms with van der Waals surface area (Å²) >= 11 is 1.37. The molecule has 0 spiro atoms. The van der Waals surface area contributed by atoms with Crippen molar-refractivity contribution in [1.82, 2.24) is 9.47 Å². The van der Waals surface area contributed by atoms with E-state index in [-0.39, 0.29) is 43.6 Å². The van der Waals surface area contributed by atoms with E-state index < -0.39 is 6.10 Å². The van der Waals surface area contributed by atoms with Crippen LogP contribution in [0.1, 0.15) is 36.0 Å². The Morgan fingerprint density at radius 1 is 1.23 bits per heavy atom. The van der Waals surface area contributed by atoms with Gasteiger partial charge in [-0.1, -0.05) is 36.4 Å². The number of nitrogens with zero attached hydrogens (tertiary/aromatic N) is 2. The number of aromatic nitrogens is 1. The largest absolute Gasteiger partial charge is 1.00 e. The zero-order chi connectivity index (χ0) is 17.5. The predicted octanol–water partition coefficient (Wildman–Crippen LogP) is -2.97. The number of thioether (sulfide) groups is 1. The average Bonchev–Trinajstić information content (AvgIpc) is 2.98. The Bertz CT molecular complexity index is 701. The molecule has 0 saturated heterocycles. The molecule has 0 aliphatic carbocycles. The molecular weight excluding hydrogens is 334 g/mol. The Morgan fingerprint density at radius 2 is 1.85 bits per heavy atom. The van der Waals surface area contributed by atoms with E-state index in [1.165, 1.54) is 17.8 Å². The summed E-state index contributed by atoms with van der Waals surface area (Å²) in [6.07, 6.45) is 2.11. The van der Waals surface area contributed by atoms with Gasteiger partial charge in [-0.15, -0.1) is 0 Å². The molecule has 0 fully saturated rings. The molecule has 26 heavy (non-hydrogen) atoms. The monoisotopic (exact) mass is 356 g/mol. The normalized spacial score (nSPS) is 11.5. The smallest absolute Gasteiger partial charge is 0.846 e. The van der Waals surface area contributed by atoms with Gasteiger partial charge in [-0.3, -0.25) is 10.9 Å². The molecule has 0 saturated carbocycles. The van der Waals surface area contributed by atoms with Crippen LogP contribution in [-0.4, -0.2) is 28.5 Å². The zero-order valence-corrected chi connectivity index (χ0v) is 17.0. The molecule has 0 radical (unpaired) electrons. The van der Waals surface area contributed by atoms with Crippen LogP contribution in [0, 0.1) is 5.41 Å². The van der Waals surface area contributed by atoms with Gasteiger partial charge in [0.05, 0.1) is 5.56 Å². The maximum absolute atomic E-state index is 12.6. The summed E-state index contributed by atoms with van der Waals surface area (Å²) in [6, 6.07) is 11.5. The minimum absolute atomic E-state index is 0. The van der Waals surface area contributed by atoms with Gasteiger partial charge in [0.15, 0.2) is 0 Å². The minimum atomic E-state index is -1.13. The van der Waals surface area contributed by atoms with E-state index in [1.54, 1.807) is 28.8 Å². The number of hydrogen-bond acceptors (Lipinski definition) is 3. The van der Waals surface area contributed by atoms with Gasteiger partial charge < -0.3 is 31.7 Å². The average molecular weight is 356 g/mol. The van der Waals surface area contributed by atoms with Crippen LogP contribution in [0.3, 0.4) is 0 Å². The van der Waals surface area contributed by atoms with Crippen molar-refractivity contribution < 1.29 is 47.6 Å². The van der Waals surface area contributed by atoms with Crippen LogP contribution in [0.4, 0.5) is 0 Å². The van der Waals surface area contributed by atoms with Gasteiger partial charge in [0.25, 0.3) is 5.91 Å². The number of carbonyl (C=O) groups is 1. The van der Waals surface area contributed by atoms with Gasteiger partial charge in [0.2, 0.25) is 0 Å². The molecule has 1 aromatic heterocycles. The topological polar surface area (TPSA) is 48.3 Å². The molecule has 0 aliphatic heterocycles. The number of carbonyl (C=O) groups excluding carboxylic acids is 1. The summed E-state index contributed by atoms with van der Waals surface area (Å²) in [5.41, 5.74) is 0.956. The third-order valence-corrected chi connectivity index (χ3v) is 4.57. The maximum Gasteiger partial charge on any atom is 1.00 e. The molecular formula is C19H22Li2N2O2S. The molecule has 128 valence electrons. The third-order valence-electron chi connectivity index (χ3n) is 3.81. The summed E-state index contributed by atoms with van der Waals surface area (Å²) in [5.74, 6) is -0.0967. The van der Waals surface area contributed by atoms with E-state index in [1.807, 2.05) is 44.2 Å². The van der Waals surface area contributed by atoms with Crippen molar-refractivity contribution >= 4 is 17.7 Å². The Balaban J connectivity index is 0.00000312. The maximum atomic E-state index is 12.6. The first kappa shape index (κ1) is 25.2. The van der Waals surface area contributed by atoms with Gasteiger partial charge >= 0.3 is 37.7 Å². The predicted molar refractivity (Wildman–Crippen MR) is 95.5 cm³/mol. The molecule has 1 amide bonds. The number of benzene rings is 1. The quantitative estimate of drug-likeness (QED) is 0.302. The summed E-state index contributed by atoms with van der Waals surface area (Å²) in [7, 11) is 1.79. The van der Waals surface area contributed by atoms with Crippen LogP contribution in [0.2, 0.25) is 0 Å². The second kappa shape index (κ2) is 12.6. The van der Waals surface area contributed by atoms with Crippen LogP contribution in [0.5, 0.6) is 0 Å². The summed E-state index contributed by atoms with van der Waals surface area (Å²) < 4.78 is 1.72. The van der Waals surface area contributed by atoms with E-state index in [0.717, 1.165) is 4.90 Å². The third kappa shape index (κ3) is 6.43. The van der Waals surface area contributed by atoms with Gasteiger partial charge in [-0.2, -0.15) is 0 Å². The Labute approximate surface area is 184 Å². The van der Waals surface area contributed by atoms with Crippen molar-refractivity contribution in [1.29, 1.82) is 0 Å². The number of aryl methyl sites for hydroxylation is 1. The van der Waals surface area contributed by atoms with Gasteiger partial charge in [-0.25, -0.2) is 0 Å². The Hall–Kier alpha value is -0.785. The SMILES string of the molecule is CCN(CC)C(=O)c1ccn(C)c1C([O-])C=[C-]Sc1ccccc1.[Li+].[Li+]. The molecule has 1 aromatic carbocycles. The van der Waals surface area contributed by atoms with E-state index in [2.05, 4.69) is 5.41 Å². The number of hydrogen-bond donors (Lipinski definition) is 0. The molecule has 1 unspecified atom stereocenters. The molecule has 1 atom stereocenters. The first-order valence-corrected chi connectivity index (χ1v) is 8.81. The molecule has 0 aliphatic rings. The van der Waals surface area contributed by atoms with Crippen LogP contribution in [-0.2, 0) is 7.05 Å². The second-order valence-corrected chi connectivity index (χ2v) is 6.23. The van der Waals surface area contributed by atoms with Crippen molar-refractivity contribution in [3.63, 3.8) is 0 Å². The fourth-order valence-electron chi connectivity index (χ4n) is 2.49. The van der Waals surface area contributed by atoms with Crippen molar-refractivity contribution in [2.75, 3.05) is 13.1 Å². The van der Waals surface area contributed by atoms with Crippen LogP contribution in [0.15, 0.2) is 53.6 Å². The van der Waals surface area contributed by atoms with Gasteiger partial charge in [0, 0.05) is 32.0 Å². The van der Waals surface area contributed by atoms with Crippen molar-refractivity contribution in [3.8, 4) is 0 Å². The van der Waals surface area contributed by atoms with Crippen molar-refractivity contribution in [2.24, 2.45) is 7.05 Å². The van der Waals surface area contributed by atoms with Crippen molar-refractivity contribution in [3.05, 3.63) is 65.3 Å². The Morgan fingerprint density at radius 3 is 2.42 bits per heavy atom. The molecule has 4 nitrogen and oxygen atoms in total. The van der Waals surface area contributed by atoms with E-state index in [0.29, 0.717) is 24.3 Å². The van der Waals surface area contributed by atoms with E-state index in [4.69, 9.17) is 0 Å². The molecule has 2 rings (SSSR count). The first-order chi connectivity index (χ1) is 11.6. The first-order valence-electron chi connectivity index (χ1n) is 7.99. The molecule has 7 heteroatoms. The number of rotatable bonds is 7. The summed E-state index contributed by atoms with van der Waals surface area (Å²) in [5, 5.41) is 15.6. The standard InChI is InChI=1S/C19H22N2O2S.2Li/c1-4-21(5-2)19(23)16-11-13-20(3)18(16)17(22)12-14-24-15-9-7-6-8-10-15;;/h6-13,17H,4-5H2,1-3H3;;/q-2;2*+1. The van der Waals surface area contributed by atoms with Crippen LogP contribution >= 0.6 is 11.8 Å². The fourth-order valence-corrected chi connectivity index (χ4v) is 3.11. The number of amides is 1. The van der Waals surface area contributed by atoms with Gasteiger partial charge in [0.1, 0.15) is 0 Å². The van der Waals surface area contributed by atoms with Crippen LogP contribution < -0.4 is 42.8 Å². The summed E-state index contributed by atoms with van der Waals surface area (Å²) in [4.78, 5) is 15.3. The Kier molecular flexibility index (Phi) is 12.2. The summed E-state index contributed by atoms with van der Waals surface area (Å²) in [6.45, 7) is 5.11. The minimum Gasteiger partial charge on any atom is -0.846 e. The zero-order valence-electron chi connectivity index (χ0n) is 16.2. The molecule has 0 bridgehead atoms. The van der Waals surface area contributed by atoms with Crippen molar-refractivity contribution in [2.45, 2.75) is 24.8 Å². The van der Waals surface area contributed by atoms with E-state index >= 15 is 0 Å². The molecule has 0 N–H and O–H groups in total. The molecule has 2 aromatic rings. The van der Waals surface area contributed by atoms with Gasteiger partial charge in [-0.05, 0) is 24.8 Å². The second-order valence-electron chi connectivity index (χ2n) is 5.32. The molecule has 1 heterocycles. The van der Waals surface area contributed by atoms with E-state index in [9.17, 15) is 9.90 Å². The fraction of sp³-hybridized carbons (Fsp3) is 0.316.